The summed E-state index contributed by atoms with van der Waals surface area (Å²) in [6.07, 6.45) is 2.72. The van der Waals surface area contributed by atoms with Gasteiger partial charge in [-0.2, -0.15) is 30.7 Å². The van der Waals surface area contributed by atoms with E-state index >= 15 is 0 Å². The molecule has 0 aliphatic heterocycles. The van der Waals surface area contributed by atoms with E-state index in [1.807, 2.05) is 0 Å². The van der Waals surface area contributed by atoms with Crippen LogP contribution in [0.25, 0.3) is 10.7 Å². The van der Waals surface area contributed by atoms with Crippen LogP contribution in [0.1, 0.15) is 27.0 Å². The number of anilines is 1. The van der Waals surface area contributed by atoms with E-state index in [0.29, 0.717) is 5.56 Å². The molecule has 1 amide bonds. The molecule has 0 unspecified atom stereocenters. The first-order valence-electron chi connectivity index (χ1n) is 9.37. The Hall–Kier alpha value is -3.36. The van der Waals surface area contributed by atoms with E-state index in [1.165, 1.54) is 61.2 Å². The molecule has 171 valence electrons. The first kappa shape index (κ1) is 26.9. The van der Waals surface area contributed by atoms with Gasteiger partial charge in [-0.15, -0.1) is 7.05 Å². The Bertz CT molecular complexity index is 1250. The first-order chi connectivity index (χ1) is 15.8. The number of aromatic nitrogens is 4. The van der Waals surface area contributed by atoms with Crippen LogP contribution in [0.2, 0.25) is 0 Å². The topological polar surface area (TPSA) is 109 Å². The Labute approximate surface area is 218 Å². The van der Waals surface area contributed by atoms with Gasteiger partial charge in [-0.1, -0.05) is 17.9 Å². The summed E-state index contributed by atoms with van der Waals surface area (Å²) in [6, 6.07) is 4.94. The van der Waals surface area contributed by atoms with E-state index in [2.05, 4.69) is 37.5 Å². The van der Waals surface area contributed by atoms with Crippen LogP contribution >= 0.6 is 0 Å². The van der Waals surface area contributed by atoms with Crippen LogP contribution in [0.3, 0.4) is 0 Å². The predicted octanol–water partition coefficient (Wildman–Crippen LogP) is 3.87. The zero-order valence-electron chi connectivity index (χ0n) is 17.8. The third kappa shape index (κ3) is 7.33. The minimum atomic E-state index is -4.63. The zero-order chi connectivity index (χ0) is 23.8. The van der Waals surface area contributed by atoms with Crippen molar-refractivity contribution >= 4 is 17.8 Å². The number of hydrogen-bond acceptors (Lipinski definition) is 4. The molecule has 2 heterocycles. The number of carbonyl (C=O) groups excluding carboxylic acids is 1. The molecule has 1 N–H and O–H groups in total. The molecule has 0 spiro atoms. The summed E-state index contributed by atoms with van der Waals surface area (Å²) >= 11 is 0. The van der Waals surface area contributed by atoms with Gasteiger partial charge in [0.25, 0.3) is 5.91 Å². The third-order valence-corrected chi connectivity index (χ3v) is 4.23. The SMILES string of the molecule is C[N-]/C=C(/C#Cc1cncc(C(=O)Nc2ccc(Cn3cncn3)c(C(F)(F)F)c2)c1)C=[N-].[Y]. The number of carbonyl (C=O) groups is 1. The van der Waals surface area contributed by atoms with Gasteiger partial charge in [0.1, 0.15) is 12.7 Å². The quantitative estimate of drug-likeness (QED) is 0.378. The fraction of sp³-hybridized carbons (Fsp3) is 0.136. The molecular weight excluding hydrogens is 524 g/mol. The largest absolute Gasteiger partial charge is 0.810 e. The normalized spacial score (nSPS) is 11.0. The van der Waals surface area contributed by atoms with Crippen molar-refractivity contribution in [2.24, 2.45) is 0 Å². The van der Waals surface area contributed by atoms with Crippen LogP contribution in [0.5, 0.6) is 0 Å². The fourth-order valence-electron chi connectivity index (χ4n) is 2.76. The molecule has 1 aromatic carbocycles. The Kier molecular flexibility index (Phi) is 9.65. The van der Waals surface area contributed by atoms with Crippen LogP contribution in [-0.4, -0.2) is 38.9 Å². The standard InChI is InChI=1S/C22H17F3N7O.Y/c1-27-9-16(8-26)3-2-15-6-18(11-28-10-15)21(33)31-19-5-4-17(12-32-14-29-13-30-32)20(7-19)22(23,24)25;/h4-11,13-14H,12H2,1H3,(H2-,26,27,31,33);/q-1;/p-1. The van der Waals surface area contributed by atoms with Gasteiger partial charge in [-0.3, -0.25) is 9.78 Å². The zero-order valence-corrected chi connectivity index (χ0v) is 20.6. The number of amides is 1. The monoisotopic (exact) mass is 540 g/mol. The number of rotatable bonds is 6. The molecule has 8 nitrogen and oxygen atoms in total. The molecule has 2 aromatic heterocycles. The van der Waals surface area contributed by atoms with Gasteiger partial charge in [-0.25, -0.2) is 9.67 Å². The van der Waals surface area contributed by atoms with Crippen LogP contribution < -0.4 is 5.32 Å². The average molecular weight is 540 g/mol. The molecule has 12 heteroatoms. The molecule has 3 aromatic rings. The molecule has 0 saturated heterocycles. The summed E-state index contributed by atoms with van der Waals surface area (Å²) in [5, 5.41) is 19.1. The summed E-state index contributed by atoms with van der Waals surface area (Å²) in [5.41, 5.74) is -0.233. The molecule has 0 fully saturated rings. The number of benzene rings is 1. The van der Waals surface area contributed by atoms with Crippen molar-refractivity contribution in [3.05, 3.63) is 94.1 Å². The Morgan fingerprint density at radius 2 is 2.06 bits per heavy atom. The van der Waals surface area contributed by atoms with E-state index in [-0.39, 0.29) is 61.6 Å². The van der Waals surface area contributed by atoms with Crippen molar-refractivity contribution in [3.63, 3.8) is 0 Å². The second kappa shape index (κ2) is 12.2. The van der Waals surface area contributed by atoms with Crippen LogP contribution in [0.15, 0.2) is 61.1 Å². The van der Waals surface area contributed by atoms with Crippen molar-refractivity contribution in [3.8, 4) is 11.8 Å². The van der Waals surface area contributed by atoms with Gasteiger partial charge < -0.3 is 16.0 Å². The van der Waals surface area contributed by atoms with Gasteiger partial charge in [0, 0.05) is 56.4 Å². The maximum absolute atomic E-state index is 13.6. The van der Waals surface area contributed by atoms with Gasteiger partial charge in [-0.05, 0) is 29.3 Å². The molecule has 3 rings (SSSR count). The molecule has 34 heavy (non-hydrogen) atoms. The summed E-state index contributed by atoms with van der Waals surface area (Å²) in [4.78, 5) is 20.2. The van der Waals surface area contributed by atoms with Crippen molar-refractivity contribution < 1.29 is 50.7 Å². The molecule has 0 bridgehead atoms. The summed E-state index contributed by atoms with van der Waals surface area (Å²) in [7, 11) is 1.52. The molecule has 0 aliphatic carbocycles. The van der Waals surface area contributed by atoms with Gasteiger partial charge >= 0.3 is 6.18 Å². The molecule has 0 atom stereocenters. The first-order valence-corrected chi connectivity index (χ1v) is 9.37. The van der Waals surface area contributed by atoms with Crippen LogP contribution in [0.4, 0.5) is 18.9 Å². The number of hydrogen-bond donors (Lipinski definition) is 1. The van der Waals surface area contributed by atoms with Crippen molar-refractivity contribution in [1.29, 1.82) is 0 Å². The van der Waals surface area contributed by atoms with E-state index in [4.69, 9.17) is 5.41 Å². The fourth-order valence-corrected chi connectivity index (χ4v) is 2.76. The number of nitrogens with one attached hydrogen (secondary N) is 1. The van der Waals surface area contributed by atoms with Crippen molar-refractivity contribution in [1.82, 2.24) is 19.7 Å². The second-order valence-electron chi connectivity index (χ2n) is 6.60. The smallest absolute Gasteiger partial charge is 0.416 e. The summed E-state index contributed by atoms with van der Waals surface area (Å²) < 4.78 is 42.0. The molecule has 0 saturated carbocycles. The van der Waals surface area contributed by atoms with Crippen LogP contribution in [0, 0.1) is 11.8 Å². The molecule has 1 radical (unpaired) electrons. The van der Waals surface area contributed by atoms with Crippen molar-refractivity contribution in [2.75, 3.05) is 12.4 Å². The Morgan fingerprint density at radius 3 is 2.71 bits per heavy atom. The second-order valence-corrected chi connectivity index (χ2v) is 6.60. The minimum Gasteiger partial charge on any atom is -0.810 e. The van der Waals surface area contributed by atoms with E-state index in [1.54, 1.807) is 0 Å². The van der Waals surface area contributed by atoms with Gasteiger partial charge in [0.2, 0.25) is 0 Å². The average Bonchev–Trinajstić information content (AvgIpc) is 3.30. The molecular formula is C22H16F3N7OY-2. The number of pyridine rings is 1. The van der Waals surface area contributed by atoms with Crippen molar-refractivity contribution in [2.45, 2.75) is 12.7 Å². The summed E-state index contributed by atoms with van der Waals surface area (Å²) in [5.74, 6) is 4.72. The number of nitrogens with zero attached hydrogens (tertiary/aromatic N) is 6. The van der Waals surface area contributed by atoms with E-state index in [0.717, 1.165) is 12.3 Å². The van der Waals surface area contributed by atoms with Gasteiger partial charge in [0.05, 0.1) is 17.7 Å². The predicted molar refractivity (Wildman–Crippen MR) is 116 cm³/mol. The summed E-state index contributed by atoms with van der Waals surface area (Å²) in [6.45, 7) is -0.124. The number of halogens is 3. The molecule has 0 aliphatic rings. The van der Waals surface area contributed by atoms with E-state index < -0.39 is 17.6 Å². The maximum Gasteiger partial charge on any atom is 0.416 e. The van der Waals surface area contributed by atoms with Crippen LogP contribution in [-0.2, 0) is 45.4 Å². The Morgan fingerprint density at radius 1 is 1.26 bits per heavy atom. The van der Waals surface area contributed by atoms with E-state index in [9.17, 15) is 18.0 Å². The number of alkyl halides is 3. The van der Waals surface area contributed by atoms with Gasteiger partial charge in [0.15, 0.2) is 0 Å². The third-order valence-electron chi connectivity index (χ3n) is 4.23. The Balaban J connectivity index is 0.00000408. The minimum absolute atomic E-state index is 0. The maximum atomic E-state index is 13.6. The number of allylic oxidation sites excluding steroid dienone is 1.